The summed E-state index contributed by atoms with van der Waals surface area (Å²) in [5, 5.41) is 49.5. The lowest BCUT2D eigenvalue weighted by Crippen LogP contribution is -2.70. The van der Waals surface area contributed by atoms with E-state index in [1.807, 2.05) is 0 Å². The SMILES string of the molecule is CC(C)(O/N=C(\C(=O)N[C@@H]1C(=O)N2C(c3nn[nH]n3)=C(C[N+](C)(C)C3CCN(C(=O)c4ccc(O)c(O)c4Cl)CC3)CS[C@H]12)c1nc(N)sc1Cl)C(=O)O. The Morgan fingerprint density at radius 1 is 1.20 bits per heavy atom. The number of carboxylic acid groups (broad SMARTS) is 1. The zero-order valence-electron chi connectivity index (χ0n) is 29.2. The summed E-state index contributed by atoms with van der Waals surface area (Å²) in [4.78, 5) is 64.8. The minimum absolute atomic E-state index is 0.0127. The molecule has 3 aliphatic rings. The number of carbonyl (C=O) groups excluding carboxylic acids is 3. The number of carboxylic acids is 1. The number of aromatic hydroxyl groups is 2. The van der Waals surface area contributed by atoms with E-state index in [1.165, 1.54) is 42.6 Å². The number of nitrogens with two attached hydrogens (primary N) is 1. The number of thiazole rings is 1. The van der Waals surface area contributed by atoms with Crippen molar-refractivity contribution in [3.63, 3.8) is 0 Å². The highest BCUT2D eigenvalue weighted by atomic mass is 35.5. The van der Waals surface area contributed by atoms with E-state index in [2.05, 4.69) is 50.2 Å². The first-order valence-corrected chi connectivity index (χ1v) is 19.0. The van der Waals surface area contributed by atoms with Crippen molar-refractivity contribution >= 4 is 86.5 Å². The van der Waals surface area contributed by atoms with Crippen LogP contribution in [0.2, 0.25) is 9.36 Å². The maximum Gasteiger partial charge on any atom is 0.350 e. The number of nitrogens with zero attached hydrogens (tertiary/aromatic N) is 8. The van der Waals surface area contributed by atoms with Crippen molar-refractivity contribution in [3.8, 4) is 11.5 Å². The van der Waals surface area contributed by atoms with Gasteiger partial charge in [-0.15, -0.1) is 22.0 Å². The van der Waals surface area contributed by atoms with Crippen molar-refractivity contribution in [3.05, 3.63) is 44.1 Å². The van der Waals surface area contributed by atoms with E-state index in [1.54, 1.807) is 4.90 Å². The van der Waals surface area contributed by atoms with Gasteiger partial charge < -0.3 is 40.6 Å². The topological polar surface area (TPSA) is 262 Å². The molecule has 6 rings (SSSR count). The molecule has 1 aromatic carbocycles. The summed E-state index contributed by atoms with van der Waals surface area (Å²) in [5.41, 5.74) is 4.84. The van der Waals surface area contributed by atoms with Gasteiger partial charge in [-0.25, -0.2) is 9.78 Å². The van der Waals surface area contributed by atoms with Crippen LogP contribution in [0.3, 0.4) is 0 Å². The van der Waals surface area contributed by atoms with Gasteiger partial charge in [-0.1, -0.05) is 39.7 Å². The standard InChI is InChI=1S/C31H35Cl2N11O8S2/c1-31(2,29(50)51)52-39-19(18-23(33)54-30(34)36-18)25(47)35-20-27(49)43-21(24-37-40-41-38-24)13(12-53-28(20)43)11-44(3,4)14-7-9-42(10-8-14)26(48)15-5-6-16(45)22(46)17(15)32/h5-6,14,20,28H,7-12H2,1-4H3,(H6-,34,35,36,37,38,39,40,41,45,46,47,48,50,51)/p+1/t20-,28-/m1/s1. The second kappa shape index (κ2) is 14.9. The van der Waals surface area contributed by atoms with Crippen LogP contribution >= 0.6 is 46.3 Å². The largest absolute Gasteiger partial charge is 0.504 e. The summed E-state index contributed by atoms with van der Waals surface area (Å²) < 4.78 is 0.524. The molecular weight excluding hydrogens is 789 g/mol. The number of likely N-dealkylation sites (tertiary alicyclic amines) is 1. The number of H-pyrrole nitrogens is 1. The van der Waals surface area contributed by atoms with Gasteiger partial charge in [-0.05, 0) is 31.2 Å². The van der Waals surface area contributed by atoms with Gasteiger partial charge in [-0.3, -0.25) is 19.3 Å². The maximum absolute atomic E-state index is 13.9. The molecule has 23 heteroatoms. The number of tetrazole rings is 1. The van der Waals surface area contributed by atoms with Gasteiger partial charge in [-0.2, -0.15) is 5.21 Å². The number of anilines is 1. The number of aromatic nitrogens is 5. The average Bonchev–Trinajstić information content (AvgIpc) is 3.78. The van der Waals surface area contributed by atoms with E-state index in [4.69, 9.17) is 33.8 Å². The number of nitrogens with one attached hydrogen (secondary N) is 2. The number of hydrogen-bond acceptors (Lipinski definition) is 15. The number of thioether (sulfide) groups is 1. The Balaban J connectivity index is 1.18. The van der Waals surface area contributed by atoms with Crippen LogP contribution in [0, 0.1) is 0 Å². The Kier molecular flexibility index (Phi) is 10.7. The molecule has 0 bridgehead atoms. The fourth-order valence-corrected chi connectivity index (χ4v) is 8.93. The van der Waals surface area contributed by atoms with Crippen LogP contribution in [-0.2, 0) is 19.2 Å². The van der Waals surface area contributed by atoms with Crippen molar-refractivity contribution in [2.24, 2.45) is 5.16 Å². The number of nitrogen functional groups attached to an aromatic ring is 1. The summed E-state index contributed by atoms with van der Waals surface area (Å²) in [6.07, 6.45) is 1.31. The summed E-state index contributed by atoms with van der Waals surface area (Å²) in [6.45, 7) is 3.86. The number of benzene rings is 1. The first-order chi connectivity index (χ1) is 25.4. The number of amides is 3. The molecular formula is C31H36Cl2N11O8S2+. The first kappa shape index (κ1) is 39.0. The number of piperidine rings is 1. The molecule has 0 unspecified atom stereocenters. The van der Waals surface area contributed by atoms with Gasteiger partial charge in [0.1, 0.15) is 28.0 Å². The number of halogens is 2. The predicted molar refractivity (Wildman–Crippen MR) is 198 cm³/mol. The number of aromatic amines is 1. The van der Waals surface area contributed by atoms with Crippen LogP contribution in [0.15, 0.2) is 22.9 Å². The number of carbonyl (C=O) groups is 4. The monoisotopic (exact) mass is 824 g/mol. The molecule has 0 radical (unpaired) electrons. The zero-order chi connectivity index (χ0) is 39.3. The van der Waals surface area contributed by atoms with Crippen molar-refractivity contribution in [1.29, 1.82) is 0 Å². The van der Waals surface area contributed by atoms with E-state index in [9.17, 15) is 34.5 Å². The molecule has 2 atom stereocenters. The Morgan fingerprint density at radius 2 is 1.91 bits per heavy atom. The van der Waals surface area contributed by atoms with E-state index in [-0.39, 0.29) is 43.5 Å². The maximum atomic E-state index is 13.9. The second-order valence-corrected chi connectivity index (χ2v) is 16.9. The van der Waals surface area contributed by atoms with Gasteiger partial charge >= 0.3 is 5.97 Å². The summed E-state index contributed by atoms with van der Waals surface area (Å²) in [6, 6.07) is 1.71. The molecule has 54 heavy (non-hydrogen) atoms. The molecule has 2 fully saturated rings. The molecule has 7 N–H and O–H groups in total. The van der Waals surface area contributed by atoms with Crippen molar-refractivity contribution in [2.45, 2.75) is 49.7 Å². The van der Waals surface area contributed by atoms with Crippen LogP contribution in [0.25, 0.3) is 5.70 Å². The van der Waals surface area contributed by atoms with Crippen LogP contribution in [-0.4, -0.2) is 147 Å². The normalized spacial score (nSPS) is 19.7. The Bertz CT molecular complexity index is 2070. The number of phenols is 2. The molecule has 0 saturated carbocycles. The molecule has 2 saturated heterocycles. The van der Waals surface area contributed by atoms with Crippen molar-refractivity contribution in [2.75, 3.05) is 45.2 Å². The number of fused-ring (bicyclic) bond motifs is 1. The number of phenolic OH excluding ortho intramolecular Hbond substituents is 2. The summed E-state index contributed by atoms with van der Waals surface area (Å²) in [5.74, 6) is -3.31. The molecule has 2 aromatic heterocycles. The molecule has 5 heterocycles. The van der Waals surface area contributed by atoms with Gasteiger partial charge in [0.25, 0.3) is 17.7 Å². The average molecular weight is 826 g/mol. The van der Waals surface area contributed by atoms with Gasteiger partial charge in [0.2, 0.25) is 11.4 Å². The van der Waals surface area contributed by atoms with Gasteiger partial charge in [0, 0.05) is 37.3 Å². The molecule has 19 nitrogen and oxygen atoms in total. The summed E-state index contributed by atoms with van der Waals surface area (Å²) >= 11 is 14.7. The lowest BCUT2D eigenvalue weighted by molar-refractivity contribution is -0.911. The molecule has 0 spiro atoms. The van der Waals surface area contributed by atoms with E-state index < -0.39 is 52.0 Å². The Morgan fingerprint density at radius 3 is 2.52 bits per heavy atom. The lowest BCUT2D eigenvalue weighted by Gasteiger charge is -2.51. The zero-order valence-corrected chi connectivity index (χ0v) is 32.4. The number of aliphatic carboxylic acids is 1. The number of likely N-dealkylation sites (N-methyl/N-ethyl adjacent to an activating group) is 1. The summed E-state index contributed by atoms with van der Waals surface area (Å²) in [7, 11) is 4.14. The van der Waals surface area contributed by atoms with Crippen LogP contribution < -0.4 is 11.1 Å². The highest BCUT2D eigenvalue weighted by Gasteiger charge is 2.55. The Hall–Kier alpha value is -4.70. The fraction of sp³-hybridized carbons (Fsp3) is 0.452. The fourth-order valence-electron chi connectivity index (χ4n) is 6.42. The highest BCUT2D eigenvalue weighted by Crippen LogP contribution is 2.44. The van der Waals surface area contributed by atoms with Crippen LogP contribution in [0.4, 0.5) is 5.13 Å². The predicted octanol–water partition coefficient (Wildman–Crippen LogP) is 1.73. The van der Waals surface area contributed by atoms with Gasteiger partial charge in [0.05, 0.1) is 36.4 Å². The first-order valence-electron chi connectivity index (χ1n) is 16.4. The molecule has 3 amide bonds. The number of oxime groups is 1. The lowest BCUT2D eigenvalue weighted by atomic mass is 9.98. The van der Waals surface area contributed by atoms with E-state index >= 15 is 0 Å². The van der Waals surface area contributed by atoms with Crippen molar-refractivity contribution < 1.29 is 43.8 Å². The van der Waals surface area contributed by atoms with Crippen LogP contribution in [0.5, 0.6) is 11.5 Å². The minimum Gasteiger partial charge on any atom is -0.504 e. The number of quaternary nitrogens is 1. The van der Waals surface area contributed by atoms with E-state index in [0.29, 0.717) is 48.4 Å². The third-order valence-electron chi connectivity index (χ3n) is 9.48. The van der Waals surface area contributed by atoms with E-state index in [0.717, 1.165) is 16.9 Å². The Labute approximate surface area is 325 Å². The molecule has 3 aliphatic heterocycles. The molecule has 3 aromatic rings. The molecule has 0 aliphatic carbocycles. The van der Waals surface area contributed by atoms with Crippen molar-refractivity contribution in [1.82, 2.24) is 40.7 Å². The number of rotatable bonds is 11. The van der Waals surface area contributed by atoms with Crippen LogP contribution in [0.1, 0.15) is 48.6 Å². The third-order valence-corrected chi connectivity index (χ3v) is 12.3. The number of β-lactam (4-membered cyclic amide) rings is 1. The quantitative estimate of drug-likeness (QED) is 0.0529. The molecule has 288 valence electrons. The number of hydrogen-bond donors (Lipinski definition) is 6. The smallest absolute Gasteiger partial charge is 0.350 e. The third kappa shape index (κ3) is 7.37. The van der Waals surface area contributed by atoms with Gasteiger partial charge in [0.15, 0.2) is 22.3 Å². The minimum atomic E-state index is -1.81. The second-order valence-electron chi connectivity index (χ2n) is 13.8. The highest BCUT2D eigenvalue weighted by molar-refractivity contribution is 8.00.